The van der Waals surface area contributed by atoms with Crippen LogP contribution in [0.15, 0.2) is 24.3 Å². The molecule has 4 nitrogen and oxygen atoms in total. The highest BCUT2D eigenvalue weighted by Crippen LogP contribution is 2.41. The molecule has 1 heterocycles. The quantitative estimate of drug-likeness (QED) is 0.699. The molecule has 1 fully saturated rings. The van der Waals surface area contributed by atoms with Crippen molar-refractivity contribution in [3.05, 3.63) is 29.8 Å². The van der Waals surface area contributed by atoms with Gasteiger partial charge in [-0.05, 0) is 6.07 Å². The van der Waals surface area contributed by atoms with Crippen molar-refractivity contribution in [3.8, 4) is 5.75 Å². The number of carbonyl (C=O) groups is 1. The summed E-state index contributed by atoms with van der Waals surface area (Å²) in [7, 11) is 0. The normalized spacial score (nSPS) is 25.3. The molecule has 1 aliphatic rings. The zero-order valence-electron chi connectivity index (χ0n) is 7.93. The summed E-state index contributed by atoms with van der Waals surface area (Å²) in [6.45, 7) is 0.630. The van der Waals surface area contributed by atoms with Crippen LogP contribution in [0.1, 0.15) is 5.56 Å². The molecule has 80 valence electrons. The number of phenolic OH excluding ortho intramolecular Hbond substituents is 1. The third-order valence-electron chi connectivity index (χ3n) is 2.38. The van der Waals surface area contributed by atoms with E-state index in [0.29, 0.717) is 12.1 Å². The van der Waals surface area contributed by atoms with Crippen LogP contribution < -0.4 is 5.32 Å². The Balaban J connectivity index is 2.50. The minimum Gasteiger partial charge on any atom is -0.508 e. The van der Waals surface area contributed by atoms with E-state index in [4.69, 9.17) is 0 Å². The van der Waals surface area contributed by atoms with Crippen molar-refractivity contribution in [2.24, 2.45) is 0 Å². The maximum absolute atomic E-state index is 11.3. The van der Waals surface area contributed by atoms with Gasteiger partial charge >= 0.3 is 5.97 Å². The second kappa shape index (κ2) is 3.75. The van der Waals surface area contributed by atoms with Gasteiger partial charge in [-0.1, -0.05) is 18.2 Å². The monoisotopic (exact) mass is 225 g/mol. The predicted molar refractivity (Wildman–Crippen MR) is 57.9 cm³/mol. The molecular formula is C10H11NO3S. The van der Waals surface area contributed by atoms with Crippen LogP contribution in [0.25, 0.3) is 0 Å². The standard InChI is InChI=1S/C10H11NO3S/c12-8-4-2-1-3-7(8)10(9(13)14)11-5-6-15-10/h1-4,11-12H,5-6H2,(H,13,14)/t10-/m1/s1. The summed E-state index contributed by atoms with van der Waals surface area (Å²) in [5.41, 5.74) is 0.417. The van der Waals surface area contributed by atoms with Gasteiger partial charge in [-0.2, -0.15) is 0 Å². The molecule has 1 aliphatic heterocycles. The zero-order valence-corrected chi connectivity index (χ0v) is 8.75. The highest BCUT2D eigenvalue weighted by Gasteiger charge is 2.45. The number of carboxylic acid groups (broad SMARTS) is 1. The van der Waals surface area contributed by atoms with Crippen LogP contribution in [-0.4, -0.2) is 28.5 Å². The molecule has 2 rings (SSSR count). The molecule has 5 heteroatoms. The summed E-state index contributed by atoms with van der Waals surface area (Å²) in [6.07, 6.45) is 0. The van der Waals surface area contributed by atoms with Crippen LogP contribution in [0, 0.1) is 0 Å². The number of benzene rings is 1. The first-order valence-electron chi connectivity index (χ1n) is 4.58. The summed E-state index contributed by atoms with van der Waals surface area (Å²) in [4.78, 5) is 10.1. The third kappa shape index (κ3) is 1.57. The highest BCUT2D eigenvalue weighted by atomic mass is 32.2. The molecule has 1 aromatic rings. The van der Waals surface area contributed by atoms with E-state index in [9.17, 15) is 15.0 Å². The molecule has 1 saturated heterocycles. The molecule has 0 radical (unpaired) electrons. The van der Waals surface area contributed by atoms with E-state index >= 15 is 0 Å². The maximum atomic E-state index is 11.3. The number of phenols is 1. The topological polar surface area (TPSA) is 69.6 Å². The number of aromatic hydroxyl groups is 1. The molecule has 1 aromatic carbocycles. The van der Waals surface area contributed by atoms with Gasteiger partial charge in [0.25, 0.3) is 0 Å². The van der Waals surface area contributed by atoms with Crippen molar-refractivity contribution in [2.45, 2.75) is 4.87 Å². The van der Waals surface area contributed by atoms with E-state index in [1.807, 2.05) is 0 Å². The van der Waals surface area contributed by atoms with Crippen molar-refractivity contribution in [3.63, 3.8) is 0 Å². The van der Waals surface area contributed by atoms with E-state index in [2.05, 4.69) is 5.32 Å². The zero-order chi connectivity index (χ0) is 10.9. The average molecular weight is 225 g/mol. The van der Waals surface area contributed by atoms with Crippen LogP contribution in [0.5, 0.6) is 5.75 Å². The fourth-order valence-corrected chi connectivity index (χ4v) is 2.85. The first-order valence-corrected chi connectivity index (χ1v) is 5.56. The fraction of sp³-hybridized carbons (Fsp3) is 0.300. The Bertz CT molecular complexity index is 388. The summed E-state index contributed by atoms with van der Waals surface area (Å²) in [5.74, 6) is -0.228. The first-order chi connectivity index (χ1) is 7.17. The van der Waals surface area contributed by atoms with Gasteiger partial charge in [0.2, 0.25) is 0 Å². The lowest BCUT2D eigenvalue weighted by Crippen LogP contribution is -2.42. The fourth-order valence-electron chi connectivity index (χ4n) is 1.68. The summed E-state index contributed by atoms with van der Waals surface area (Å²) < 4.78 is 0. The Labute approximate surface area is 91.3 Å². The number of hydrogen-bond donors (Lipinski definition) is 3. The number of para-hydroxylation sites is 1. The Morgan fingerprint density at radius 1 is 1.47 bits per heavy atom. The van der Waals surface area contributed by atoms with Gasteiger partial charge in [0, 0.05) is 17.9 Å². The SMILES string of the molecule is O=C(O)[C@]1(c2ccccc2O)NCCS1. The Hall–Kier alpha value is -1.20. The average Bonchev–Trinajstić information content (AvgIpc) is 2.68. The number of carboxylic acids is 1. The van der Waals surface area contributed by atoms with Crippen LogP contribution in [-0.2, 0) is 9.67 Å². The molecule has 0 spiro atoms. The number of nitrogens with one attached hydrogen (secondary N) is 1. The molecule has 15 heavy (non-hydrogen) atoms. The molecule has 3 N–H and O–H groups in total. The number of aliphatic carboxylic acids is 1. The van der Waals surface area contributed by atoms with Gasteiger partial charge in [0.05, 0.1) is 0 Å². The number of hydrogen-bond acceptors (Lipinski definition) is 4. The van der Waals surface area contributed by atoms with Crippen LogP contribution >= 0.6 is 11.8 Å². The number of rotatable bonds is 2. The molecule has 0 unspecified atom stereocenters. The Morgan fingerprint density at radius 2 is 2.20 bits per heavy atom. The largest absolute Gasteiger partial charge is 0.508 e. The first kappa shape index (κ1) is 10.3. The van der Waals surface area contributed by atoms with Gasteiger partial charge in [0.1, 0.15) is 5.75 Å². The predicted octanol–water partition coefficient (Wildman–Crippen LogP) is 0.966. The third-order valence-corrected chi connectivity index (χ3v) is 3.76. The minimum atomic E-state index is -1.19. The molecule has 0 saturated carbocycles. The minimum absolute atomic E-state index is 0.0156. The second-order valence-corrected chi connectivity index (χ2v) is 4.59. The lowest BCUT2D eigenvalue weighted by molar-refractivity contribution is -0.141. The molecule has 1 atom stereocenters. The van der Waals surface area contributed by atoms with Crippen molar-refractivity contribution < 1.29 is 15.0 Å². The smallest absolute Gasteiger partial charge is 0.339 e. The summed E-state index contributed by atoms with van der Waals surface area (Å²) in [6, 6.07) is 6.53. The van der Waals surface area contributed by atoms with E-state index in [1.165, 1.54) is 17.8 Å². The Morgan fingerprint density at radius 3 is 2.73 bits per heavy atom. The molecular weight excluding hydrogens is 214 g/mol. The lowest BCUT2D eigenvalue weighted by atomic mass is 10.1. The van der Waals surface area contributed by atoms with Crippen LogP contribution in [0.2, 0.25) is 0 Å². The van der Waals surface area contributed by atoms with E-state index < -0.39 is 10.8 Å². The van der Waals surface area contributed by atoms with Gasteiger partial charge in [-0.25, -0.2) is 4.79 Å². The van der Waals surface area contributed by atoms with E-state index in [-0.39, 0.29) is 5.75 Å². The van der Waals surface area contributed by atoms with Gasteiger partial charge in [-0.3, -0.25) is 5.32 Å². The lowest BCUT2D eigenvalue weighted by Gasteiger charge is -2.24. The van der Waals surface area contributed by atoms with Crippen molar-refractivity contribution >= 4 is 17.7 Å². The molecule has 0 bridgehead atoms. The van der Waals surface area contributed by atoms with E-state index in [1.54, 1.807) is 18.2 Å². The van der Waals surface area contributed by atoms with Crippen molar-refractivity contribution in [2.75, 3.05) is 12.3 Å². The Kier molecular flexibility index (Phi) is 2.58. The maximum Gasteiger partial charge on any atom is 0.339 e. The van der Waals surface area contributed by atoms with Crippen LogP contribution in [0.3, 0.4) is 0 Å². The summed E-state index contributed by atoms with van der Waals surface area (Å²) >= 11 is 1.29. The van der Waals surface area contributed by atoms with Crippen LogP contribution in [0.4, 0.5) is 0 Å². The van der Waals surface area contributed by atoms with Gasteiger partial charge in [0.15, 0.2) is 4.87 Å². The highest BCUT2D eigenvalue weighted by molar-refractivity contribution is 8.01. The van der Waals surface area contributed by atoms with Gasteiger partial charge < -0.3 is 10.2 Å². The number of thioether (sulfide) groups is 1. The van der Waals surface area contributed by atoms with Crippen molar-refractivity contribution in [1.82, 2.24) is 5.32 Å². The van der Waals surface area contributed by atoms with E-state index in [0.717, 1.165) is 5.75 Å². The molecule has 0 aromatic heterocycles. The van der Waals surface area contributed by atoms with Gasteiger partial charge in [-0.15, -0.1) is 11.8 Å². The second-order valence-electron chi connectivity index (χ2n) is 3.28. The molecule has 0 amide bonds. The summed E-state index contributed by atoms with van der Waals surface area (Å²) in [5, 5.41) is 21.8. The van der Waals surface area contributed by atoms with Crippen molar-refractivity contribution in [1.29, 1.82) is 0 Å². The molecule has 0 aliphatic carbocycles.